The summed E-state index contributed by atoms with van der Waals surface area (Å²) in [6.07, 6.45) is 1.43. The van der Waals surface area contributed by atoms with Crippen molar-refractivity contribution in [2.24, 2.45) is 0 Å². The number of aliphatic carboxylic acids is 1. The predicted octanol–water partition coefficient (Wildman–Crippen LogP) is 0.722. The summed E-state index contributed by atoms with van der Waals surface area (Å²) in [5.74, 6) is -2.17. The molecule has 0 atom stereocenters. The normalized spacial score (nSPS) is 10.8. The number of benzene rings is 2. The average molecular weight is 367 g/mol. The number of amides is 2. The van der Waals surface area contributed by atoms with Gasteiger partial charge in [-0.2, -0.15) is 0 Å². The van der Waals surface area contributed by atoms with Crippen LogP contribution in [0.2, 0.25) is 0 Å². The van der Waals surface area contributed by atoms with Crippen molar-refractivity contribution in [1.29, 1.82) is 0 Å². The molecule has 0 radical (unpaired) electrons. The van der Waals surface area contributed by atoms with Gasteiger partial charge >= 0.3 is 0 Å². The molecule has 0 saturated carbocycles. The number of carboxylic acids is 1. The van der Waals surface area contributed by atoms with Crippen molar-refractivity contribution in [2.75, 3.05) is 13.2 Å². The van der Waals surface area contributed by atoms with Crippen molar-refractivity contribution in [3.8, 4) is 5.75 Å². The monoisotopic (exact) mass is 367 g/mol. The van der Waals surface area contributed by atoms with Crippen LogP contribution in [0.15, 0.2) is 60.3 Å². The molecule has 27 heavy (non-hydrogen) atoms. The maximum absolute atomic E-state index is 12.4. The third-order valence-corrected chi connectivity index (χ3v) is 3.44. The number of rotatable bonds is 8. The molecule has 7 nitrogen and oxygen atoms in total. The van der Waals surface area contributed by atoms with E-state index in [4.69, 9.17) is 4.74 Å². The summed E-state index contributed by atoms with van der Waals surface area (Å²) in [7, 11) is 0. The van der Waals surface area contributed by atoms with E-state index in [0.717, 1.165) is 0 Å². The number of carboxylic acid groups (broad SMARTS) is 1. The van der Waals surface area contributed by atoms with Gasteiger partial charge in [0.15, 0.2) is 0 Å². The fourth-order valence-corrected chi connectivity index (χ4v) is 2.23. The third-order valence-electron chi connectivity index (χ3n) is 3.44. The third kappa shape index (κ3) is 6.00. The minimum atomic E-state index is -1.44. The first-order chi connectivity index (χ1) is 13.0. The molecule has 0 heterocycles. The topological polar surface area (TPSA) is 108 Å². The van der Waals surface area contributed by atoms with Crippen molar-refractivity contribution >= 4 is 23.9 Å². The Morgan fingerprint density at radius 2 is 1.70 bits per heavy atom. The second-order valence-corrected chi connectivity index (χ2v) is 5.40. The Morgan fingerprint density at radius 1 is 1.04 bits per heavy atom. The van der Waals surface area contributed by atoms with Crippen molar-refractivity contribution < 1.29 is 24.2 Å². The van der Waals surface area contributed by atoms with E-state index < -0.39 is 24.3 Å². The molecule has 0 unspecified atom stereocenters. The van der Waals surface area contributed by atoms with Crippen molar-refractivity contribution in [2.45, 2.75) is 6.92 Å². The Kier molecular flexibility index (Phi) is 7.13. The van der Waals surface area contributed by atoms with Crippen molar-refractivity contribution in [3.63, 3.8) is 0 Å². The average Bonchev–Trinajstić information content (AvgIpc) is 2.67. The van der Waals surface area contributed by atoms with Crippen LogP contribution in [0.1, 0.15) is 22.8 Å². The summed E-state index contributed by atoms with van der Waals surface area (Å²) >= 11 is 0. The number of para-hydroxylation sites is 1. The van der Waals surface area contributed by atoms with Crippen LogP contribution < -0.4 is 20.5 Å². The fraction of sp³-hybridized carbons (Fsp3) is 0.150. The number of hydrogen-bond acceptors (Lipinski definition) is 5. The summed E-state index contributed by atoms with van der Waals surface area (Å²) in [4.78, 5) is 35.4. The molecular formula is C20H19N2O5-. The van der Waals surface area contributed by atoms with Gasteiger partial charge in [0.25, 0.3) is 11.8 Å². The van der Waals surface area contributed by atoms with E-state index in [2.05, 4.69) is 10.6 Å². The molecule has 0 aliphatic heterocycles. The molecular weight excluding hydrogens is 348 g/mol. The number of ether oxygens (including phenoxy) is 1. The molecule has 0 saturated heterocycles. The Hall–Kier alpha value is -3.61. The van der Waals surface area contributed by atoms with Crippen LogP contribution in [0, 0.1) is 0 Å². The summed E-state index contributed by atoms with van der Waals surface area (Å²) in [5.41, 5.74) is 0.803. The van der Waals surface area contributed by atoms with Crippen molar-refractivity contribution in [3.05, 3.63) is 71.4 Å². The largest absolute Gasteiger partial charge is 0.548 e. The van der Waals surface area contributed by atoms with E-state index in [1.807, 2.05) is 6.92 Å². The number of hydrogen-bond donors (Lipinski definition) is 2. The molecule has 7 heteroatoms. The second-order valence-electron chi connectivity index (χ2n) is 5.40. The lowest BCUT2D eigenvalue weighted by Gasteiger charge is -2.13. The Bertz CT molecular complexity index is 846. The molecule has 0 aromatic heterocycles. The van der Waals surface area contributed by atoms with Crippen LogP contribution in [-0.2, 0) is 9.59 Å². The van der Waals surface area contributed by atoms with Crippen LogP contribution in [0.5, 0.6) is 5.75 Å². The molecule has 0 aliphatic rings. The molecule has 2 amide bonds. The molecule has 2 aromatic carbocycles. The van der Waals surface area contributed by atoms with E-state index in [9.17, 15) is 19.5 Å². The first-order valence-corrected chi connectivity index (χ1v) is 8.29. The maximum Gasteiger partial charge on any atom is 0.268 e. The van der Waals surface area contributed by atoms with Crippen LogP contribution in [0.3, 0.4) is 0 Å². The summed E-state index contributed by atoms with van der Waals surface area (Å²) in [6, 6.07) is 15.3. The minimum absolute atomic E-state index is 0.114. The lowest BCUT2D eigenvalue weighted by molar-refractivity contribution is -0.303. The van der Waals surface area contributed by atoms with E-state index in [1.54, 1.807) is 54.6 Å². The Morgan fingerprint density at radius 3 is 2.37 bits per heavy atom. The van der Waals surface area contributed by atoms with E-state index in [1.165, 1.54) is 6.08 Å². The smallest absolute Gasteiger partial charge is 0.268 e. The fourth-order valence-electron chi connectivity index (χ4n) is 2.23. The van der Waals surface area contributed by atoms with Gasteiger partial charge in [0.2, 0.25) is 0 Å². The minimum Gasteiger partial charge on any atom is -0.548 e. The zero-order valence-corrected chi connectivity index (χ0v) is 14.7. The Labute approximate surface area is 156 Å². The molecule has 2 rings (SSSR count). The van der Waals surface area contributed by atoms with Crippen LogP contribution in [0.25, 0.3) is 6.08 Å². The molecule has 2 N–H and O–H groups in total. The van der Waals surface area contributed by atoms with Gasteiger partial charge in [0, 0.05) is 11.1 Å². The first kappa shape index (κ1) is 19.7. The number of nitrogens with one attached hydrogen (secondary N) is 2. The highest BCUT2D eigenvalue weighted by atomic mass is 16.5. The molecule has 2 aromatic rings. The van der Waals surface area contributed by atoms with Crippen molar-refractivity contribution in [1.82, 2.24) is 10.6 Å². The summed E-state index contributed by atoms with van der Waals surface area (Å²) in [6.45, 7) is 1.57. The zero-order valence-electron chi connectivity index (χ0n) is 14.7. The molecule has 0 fully saturated rings. The zero-order chi connectivity index (χ0) is 19.6. The SMILES string of the molecule is CCOc1ccccc1/C=C(\NC(=O)c1ccccc1)C(=O)NCC(=O)[O-]. The predicted molar refractivity (Wildman–Crippen MR) is 97.5 cm³/mol. The van der Waals surface area contributed by atoms with Crippen LogP contribution >= 0.6 is 0 Å². The van der Waals surface area contributed by atoms with Gasteiger partial charge in [0.05, 0.1) is 19.1 Å². The van der Waals surface area contributed by atoms with Gasteiger partial charge in [0.1, 0.15) is 11.4 Å². The maximum atomic E-state index is 12.4. The molecule has 0 bridgehead atoms. The van der Waals surface area contributed by atoms with E-state index in [-0.39, 0.29) is 5.70 Å². The summed E-state index contributed by atoms with van der Waals surface area (Å²) in [5, 5.41) is 15.3. The highest BCUT2D eigenvalue weighted by Gasteiger charge is 2.15. The van der Waals surface area contributed by atoms with Gasteiger partial charge in [-0.3, -0.25) is 9.59 Å². The standard InChI is InChI=1S/C20H20N2O5/c1-2-27-17-11-7-6-10-15(17)12-16(20(26)21-13-18(23)24)22-19(25)14-8-4-3-5-9-14/h3-12H,2,13H2,1H3,(H,21,26)(H,22,25)(H,23,24)/p-1/b16-12-. The summed E-state index contributed by atoms with van der Waals surface area (Å²) < 4.78 is 5.51. The molecule has 0 aliphatic carbocycles. The van der Waals surface area contributed by atoms with Gasteiger partial charge < -0.3 is 25.3 Å². The number of carbonyl (C=O) groups excluding carboxylic acids is 3. The van der Waals surface area contributed by atoms with Gasteiger partial charge in [-0.15, -0.1) is 0 Å². The van der Waals surface area contributed by atoms with Gasteiger partial charge in [-0.05, 0) is 31.2 Å². The Balaban J connectivity index is 2.33. The van der Waals surface area contributed by atoms with Gasteiger partial charge in [-0.25, -0.2) is 0 Å². The number of carbonyl (C=O) groups is 3. The quantitative estimate of drug-likeness (QED) is 0.669. The molecule has 0 spiro atoms. The van der Waals surface area contributed by atoms with Gasteiger partial charge in [-0.1, -0.05) is 36.4 Å². The first-order valence-electron chi connectivity index (χ1n) is 8.29. The van der Waals surface area contributed by atoms with Crippen LogP contribution in [0.4, 0.5) is 0 Å². The van der Waals surface area contributed by atoms with E-state index >= 15 is 0 Å². The van der Waals surface area contributed by atoms with Crippen LogP contribution in [-0.4, -0.2) is 30.9 Å². The highest BCUT2D eigenvalue weighted by Crippen LogP contribution is 2.20. The molecule has 140 valence electrons. The lowest BCUT2D eigenvalue weighted by atomic mass is 10.1. The second kappa shape index (κ2) is 9.76. The highest BCUT2D eigenvalue weighted by molar-refractivity contribution is 6.05. The van der Waals surface area contributed by atoms with E-state index in [0.29, 0.717) is 23.5 Å². The lowest BCUT2D eigenvalue weighted by Crippen LogP contribution is -2.41.